The highest BCUT2D eigenvalue weighted by atomic mass is 32.2. The lowest BCUT2D eigenvalue weighted by atomic mass is 9.84. The van der Waals surface area contributed by atoms with Gasteiger partial charge in [-0.1, -0.05) is 6.42 Å². The zero-order valence-corrected chi connectivity index (χ0v) is 9.85. The van der Waals surface area contributed by atoms with Crippen LogP contribution in [0.4, 0.5) is 0 Å². The molecular weight excluding hydrogens is 190 g/mol. The van der Waals surface area contributed by atoms with Crippen LogP contribution in [-0.4, -0.2) is 23.6 Å². The zero-order valence-electron chi connectivity index (χ0n) is 9.04. The first-order chi connectivity index (χ1) is 6.83. The molecule has 1 heterocycles. The van der Waals surface area contributed by atoms with E-state index in [0.717, 1.165) is 29.8 Å². The Hall–Kier alpha value is 0.310. The largest absolute Gasteiger partial charge is 0.310 e. The van der Waals surface area contributed by atoms with E-state index in [1.54, 1.807) is 6.42 Å². The summed E-state index contributed by atoms with van der Waals surface area (Å²) in [4.78, 5) is 0. The molecule has 0 radical (unpaired) electrons. The Balaban J connectivity index is 1.54. The first-order valence-corrected chi connectivity index (χ1v) is 7.32. The van der Waals surface area contributed by atoms with Gasteiger partial charge in [0.2, 0.25) is 0 Å². The molecule has 4 unspecified atom stereocenters. The number of hydrogen-bond acceptors (Lipinski definition) is 2. The first kappa shape index (κ1) is 9.53. The molecule has 3 rings (SSSR count). The van der Waals surface area contributed by atoms with Crippen LogP contribution in [0.5, 0.6) is 0 Å². The molecule has 2 saturated carbocycles. The van der Waals surface area contributed by atoms with Crippen LogP contribution in [0.1, 0.15) is 32.6 Å². The third-order valence-electron chi connectivity index (χ3n) is 4.57. The average Bonchev–Trinajstić information content (AvgIpc) is 2.71. The lowest BCUT2D eigenvalue weighted by Crippen LogP contribution is -2.48. The Morgan fingerprint density at radius 3 is 2.57 bits per heavy atom. The predicted octanol–water partition coefficient (Wildman–Crippen LogP) is 2.52. The minimum atomic E-state index is 0.788. The summed E-state index contributed by atoms with van der Waals surface area (Å²) in [6.45, 7) is 2.42. The van der Waals surface area contributed by atoms with Gasteiger partial charge in [0.1, 0.15) is 0 Å². The van der Waals surface area contributed by atoms with Crippen molar-refractivity contribution in [2.75, 3.05) is 11.5 Å². The zero-order chi connectivity index (χ0) is 9.54. The lowest BCUT2D eigenvalue weighted by Gasteiger charge is -2.35. The summed E-state index contributed by atoms with van der Waals surface area (Å²) in [7, 11) is 0. The molecule has 0 spiro atoms. The summed E-state index contributed by atoms with van der Waals surface area (Å²) in [6.07, 6.45) is 6.14. The van der Waals surface area contributed by atoms with Gasteiger partial charge in [0.15, 0.2) is 0 Å². The maximum Gasteiger partial charge on any atom is 0.0251 e. The minimum Gasteiger partial charge on any atom is -0.310 e. The van der Waals surface area contributed by atoms with Gasteiger partial charge in [-0.3, -0.25) is 0 Å². The van der Waals surface area contributed by atoms with Crippen LogP contribution in [0.3, 0.4) is 0 Å². The molecule has 1 aliphatic heterocycles. The van der Waals surface area contributed by atoms with E-state index in [1.165, 1.54) is 30.8 Å². The number of fused-ring (bicyclic) bond motifs is 2. The second-order valence-electron chi connectivity index (χ2n) is 5.53. The van der Waals surface area contributed by atoms with Crippen molar-refractivity contribution in [3.8, 4) is 0 Å². The number of hydrogen-bond donors (Lipinski definition) is 1. The van der Waals surface area contributed by atoms with Crippen LogP contribution in [0.2, 0.25) is 0 Å². The fraction of sp³-hybridized carbons (Fsp3) is 1.00. The van der Waals surface area contributed by atoms with Gasteiger partial charge in [-0.15, -0.1) is 0 Å². The molecule has 0 aromatic rings. The van der Waals surface area contributed by atoms with Crippen molar-refractivity contribution in [3.05, 3.63) is 0 Å². The second-order valence-corrected chi connectivity index (χ2v) is 6.60. The van der Waals surface area contributed by atoms with Gasteiger partial charge in [0.05, 0.1) is 0 Å². The number of nitrogens with one attached hydrogen (secondary N) is 1. The molecular formula is C12H21NS. The van der Waals surface area contributed by atoms with Crippen LogP contribution < -0.4 is 5.32 Å². The Labute approximate surface area is 91.4 Å². The number of thioether (sulfide) groups is 1. The normalized spacial score (nSPS) is 43.9. The van der Waals surface area contributed by atoms with Gasteiger partial charge in [0, 0.05) is 23.6 Å². The maximum atomic E-state index is 3.82. The third kappa shape index (κ3) is 1.61. The smallest absolute Gasteiger partial charge is 0.0251 e. The molecule has 1 N–H and O–H groups in total. The van der Waals surface area contributed by atoms with Crippen LogP contribution in [-0.2, 0) is 0 Å². The molecule has 1 nitrogen and oxygen atoms in total. The van der Waals surface area contributed by atoms with E-state index in [-0.39, 0.29) is 0 Å². The molecule has 80 valence electrons. The molecule has 2 heteroatoms. The quantitative estimate of drug-likeness (QED) is 0.770. The lowest BCUT2D eigenvalue weighted by molar-refractivity contribution is 0.250. The van der Waals surface area contributed by atoms with Gasteiger partial charge < -0.3 is 5.32 Å². The molecule has 1 saturated heterocycles. The molecule has 4 atom stereocenters. The third-order valence-corrected chi connectivity index (χ3v) is 5.85. The highest BCUT2D eigenvalue weighted by molar-refractivity contribution is 8.00. The summed E-state index contributed by atoms with van der Waals surface area (Å²) in [5.41, 5.74) is 0. The fourth-order valence-corrected chi connectivity index (χ4v) is 4.40. The second kappa shape index (κ2) is 3.71. The summed E-state index contributed by atoms with van der Waals surface area (Å²) in [5, 5.41) is 3.82. The molecule has 3 aliphatic rings. The number of rotatable bonds is 3. The molecule has 3 fully saturated rings. The summed E-state index contributed by atoms with van der Waals surface area (Å²) in [5.74, 6) is 5.90. The SMILES string of the molecule is CC(NC1CSC1)C1CC2CCC1C2. The molecule has 2 bridgehead atoms. The van der Waals surface area contributed by atoms with Crippen LogP contribution in [0.25, 0.3) is 0 Å². The summed E-state index contributed by atoms with van der Waals surface area (Å²) < 4.78 is 0. The topological polar surface area (TPSA) is 12.0 Å². The molecule has 0 aromatic heterocycles. The van der Waals surface area contributed by atoms with Gasteiger partial charge in [-0.2, -0.15) is 11.8 Å². The van der Waals surface area contributed by atoms with Crippen LogP contribution >= 0.6 is 11.8 Å². The van der Waals surface area contributed by atoms with E-state index in [4.69, 9.17) is 0 Å². The van der Waals surface area contributed by atoms with E-state index in [9.17, 15) is 0 Å². The van der Waals surface area contributed by atoms with Crippen molar-refractivity contribution in [1.82, 2.24) is 5.32 Å². The fourth-order valence-electron chi connectivity index (χ4n) is 3.73. The molecule has 0 aromatic carbocycles. The van der Waals surface area contributed by atoms with Gasteiger partial charge in [0.25, 0.3) is 0 Å². The standard InChI is InChI=1S/C12H21NS/c1-8(13-11-6-14-7-11)12-5-9-2-3-10(12)4-9/h8-13H,2-7H2,1H3. The average molecular weight is 211 g/mol. The predicted molar refractivity (Wildman–Crippen MR) is 62.6 cm³/mol. The minimum absolute atomic E-state index is 0.788. The summed E-state index contributed by atoms with van der Waals surface area (Å²) >= 11 is 2.08. The maximum absolute atomic E-state index is 3.82. The van der Waals surface area contributed by atoms with Crippen molar-refractivity contribution in [3.63, 3.8) is 0 Å². The van der Waals surface area contributed by atoms with E-state index < -0.39 is 0 Å². The van der Waals surface area contributed by atoms with E-state index in [2.05, 4.69) is 24.0 Å². The van der Waals surface area contributed by atoms with Crippen molar-refractivity contribution in [2.45, 2.75) is 44.7 Å². The van der Waals surface area contributed by atoms with Crippen molar-refractivity contribution >= 4 is 11.8 Å². The van der Waals surface area contributed by atoms with Gasteiger partial charge >= 0.3 is 0 Å². The van der Waals surface area contributed by atoms with Gasteiger partial charge in [-0.05, 0) is 43.9 Å². The Kier molecular flexibility index (Phi) is 2.53. The van der Waals surface area contributed by atoms with Gasteiger partial charge in [-0.25, -0.2) is 0 Å². The van der Waals surface area contributed by atoms with Crippen molar-refractivity contribution in [1.29, 1.82) is 0 Å². The summed E-state index contributed by atoms with van der Waals surface area (Å²) in [6, 6.07) is 1.63. The molecule has 0 amide bonds. The van der Waals surface area contributed by atoms with E-state index in [1.807, 2.05) is 0 Å². The van der Waals surface area contributed by atoms with E-state index in [0.29, 0.717) is 0 Å². The van der Waals surface area contributed by atoms with Crippen LogP contribution in [0.15, 0.2) is 0 Å². The molecule has 14 heavy (non-hydrogen) atoms. The Bertz CT molecular complexity index is 214. The monoisotopic (exact) mass is 211 g/mol. The Morgan fingerprint density at radius 1 is 1.21 bits per heavy atom. The van der Waals surface area contributed by atoms with E-state index >= 15 is 0 Å². The Morgan fingerprint density at radius 2 is 2.07 bits per heavy atom. The highest BCUT2D eigenvalue weighted by Gasteiger charge is 2.42. The van der Waals surface area contributed by atoms with Crippen molar-refractivity contribution in [2.24, 2.45) is 17.8 Å². The van der Waals surface area contributed by atoms with Crippen LogP contribution in [0, 0.1) is 17.8 Å². The highest BCUT2D eigenvalue weighted by Crippen LogP contribution is 2.49. The first-order valence-electron chi connectivity index (χ1n) is 6.16. The van der Waals surface area contributed by atoms with Crippen molar-refractivity contribution < 1.29 is 0 Å². The molecule has 2 aliphatic carbocycles.